The zero-order valence-corrected chi connectivity index (χ0v) is 21.1. The minimum Gasteiger partial charge on any atom is -0.328 e. The van der Waals surface area contributed by atoms with Crippen LogP contribution in [0.2, 0.25) is 0 Å². The van der Waals surface area contributed by atoms with E-state index in [0.717, 1.165) is 47.6 Å². The van der Waals surface area contributed by atoms with Gasteiger partial charge in [0.1, 0.15) is 0 Å². The third kappa shape index (κ3) is 9.84. The van der Waals surface area contributed by atoms with Crippen LogP contribution in [-0.2, 0) is 4.79 Å². The summed E-state index contributed by atoms with van der Waals surface area (Å²) < 4.78 is 0. The molecule has 0 saturated carbocycles. The number of allylic oxidation sites excluding steroid dienone is 2. The molecular formula is C26H45N3OS. The fourth-order valence-corrected chi connectivity index (χ4v) is 5.38. The summed E-state index contributed by atoms with van der Waals surface area (Å²) in [6.07, 6.45) is 22.5. The molecule has 0 aromatic carbocycles. The van der Waals surface area contributed by atoms with E-state index in [1.54, 1.807) is 0 Å². The van der Waals surface area contributed by atoms with Gasteiger partial charge in [-0.1, -0.05) is 90.6 Å². The molecule has 0 radical (unpaired) electrons. The largest absolute Gasteiger partial charge is 0.328 e. The third-order valence-corrected chi connectivity index (χ3v) is 7.57. The molecule has 2 rings (SSSR count). The molecule has 176 valence electrons. The van der Waals surface area contributed by atoms with Crippen molar-refractivity contribution in [1.82, 2.24) is 10.2 Å². The molecule has 0 aromatic rings. The smallest absolute Gasteiger partial charge is 0.263 e. The topological polar surface area (TPSA) is 44.7 Å². The lowest BCUT2D eigenvalue weighted by Crippen LogP contribution is -2.28. The van der Waals surface area contributed by atoms with Gasteiger partial charge >= 0.3 is 0 Å². The second-order valence-electron chi connectivity index (χ2n) is 9.22. The number of hydrogen-bond acceptors (Lipinski definition) is 4. The Kier molecular flexibility index (Phi) is 13.1. The Morgan fingerprint density at radius 3 is 2.48 bits per heavy atom. The van der Waals surface area contributed by atoms with Gasteiger partial charge in [-0.2, -0.15) is 0 Å². The molecule has 1 amide bonds. The molecule has 0 saturated heterocycles. The fourth-order valence-electron chi connectivity index (χ4n) is 4.29. The number of amides is 1. The van der Waals surface area contributed by atoms with Crippen molar-refractivity contribution in [3.63, 3.8) is 0 Å². The number of unbranched alkanes of at least 4 members (excludes halogenated alkanes) is 9. The van der Waals surface area contributed by atoms with Gasteiger partial charge in [-0.05, 0) is 43.9 Å². The Balaban J connectivity index is 1.45. The van der Waals surface area contributed by atoms with E-state index in [2.05, 4.69) is 35.1 Å². The molecule has 0 spiro atoms. The van der Waals surface area contributed by atoms with Crippen molar-refractivity contribution in [2.24, 2.45) is 10.9 Å². The summed E-state index contributed by atoms with van der Waals surface area (Å²) in [5.41, 5.74) is 1.04. The number of fused-ring (bicyclic) bond motifs is 1. The first-order valence-corrected chi connectivity index (χ1v) is 13.6. The quantitative estimate of drug-likeness (QED) is 0.251. The van der Waals surface area contributed by atoms with E-state index >= 15 is 0 Å². The molecule has 1 unspecified atom stereocenters. The van der Waals surface area contributed by atoms with Crippen LogP contribution in [0, 0.1) is 5.92 Å². The standard InChI is InChI=1S/C26H45N3OS/c1-4-5-6-7-10-13-17-22(2)18-14-11-8-9-12-15-19-27-25(30)24-23(3)29-21-16-20-28-26(29)31-24/h15,19,22H,4-14,16-18,20-21H2,1-3H3,(H,27,30)/b19-15+. The Bertz CT molecular complexity index is 626. The SMILES string of the molecule is CCCCCCCCC(C)CCCCCC/C=C/NC(=O)C1=C(C)N2CCCN=C2S1. The first-order chi connectivity index (χ1) is 15.1. The highest BCUT2D eigenvalue weighted by Crippen LogP contribution is 2.35. The van der Waals surface area contributed by atoms with E-state index in [9.17, 15) is 4.79 Å². The molecule has 1 atom stereocenters. The number of nitrogens with zero attached hydrogens (tertiary/aromatic N) is 2. The summed E-state index contributed by atoms with van der Waals surface area (Å²) in [5.74, 6) is 0.883. The predicted octanol–water partition coefficient (Wildman–Crippen LogP) is 7.38. The Morgan fingerprint density at radius 1 is 1.10 bits per heavy atom. The first kappa shape index (κ1) is 26.0. The highest BCUT2D eigenvalue weighted by molar-refractivity contribution is 8.18. The van der Waals surface area contributed by atoms with E-state index in [0.29, 0.717) is 0 Å². The van der Waals surface area contributed by atoms with Gasteiger partial charge in [0.25, 0.3) is 5.91 Å². The van der Waals surface area contributed by atoms with E-state index < -0.39 is 0 Å². The van der Waals surface area contributed by atoms with Crippen LogP contribution in [0.3, 0.4) is 0 Å². The minimum absolute atomic E-state index is 0.00444. The van der Waals surface area contributed by atoms with Gasteiger partial charge in [-0.25, -0.2) is 0 Å². The van der Waals surface area contributed by atoms with Crippen molar-refractivity contribution in [3.05, 3.63) is 22.9 Å². The van der Waals surface area contributed by atoms with Gasteiger partial charge < -0.3 is 10.2 Å². The zero-order valence-electron chi connectivity index (χ0n) is 20.3. The summed E-state index contributed by atoms with van der Waals surface area (Å²) in [6, 6.07) is 0. The van der Waals surface area contributed by atoms with Gasteiger partial charge in [-0.3, -0.25) is 9.79 Å². The molecule has 2 aliphatic rings. The number of thioether (sulfide) groups is 1. The lowest BCUT2D eigenvalue weighted by atomic mass is 9.96. The maximum Gasteiger partial charge on any atom is 0.263 e. The van der Waals surface area contributed by atoms with Crippen LogP contribution in [-0.4, -0.2) is 29.1 Å². The van der Waals surface area contributed by atoms with Gasteiger partial charge in [0.15, 0.2) is 5.17 Å². The minimum atomic E-state index is -0.00444. The van der Waals surface area contributed by atoms with E-state index in [1.807, 2.05) is 13.1 Å². The molecule has 0 aromatic heterocycles. The molecule has 0 fully saturated rings. The van der Waals surface area contributed by atoms with Gasteiger partial charge in [-0.15, -0.1) is 0 Å². The summed E-state index contributed by atoms with van der Waals surface area (Å²) in [4.78, 5) is 19.9. The summed E-state index contributed by atoms with van der Waals surface area (Å²) in [7, 11) is 0. The number of nitrogens with one attached hydrogen (secondary N) is 1. The fraction of sp³-hybridized carbons (Fsp3) is 0.769. The number of aliphatic imine (C=N–C) groups is 1. The molecule has 4 nitrogen and oxygen atoms in total. The van der Waals surface area contributed by atoms with Crippen molar-refractivity contribution < 1.29 is 4.79 Å². The second kappa shape index (κ2) is 15.6. The lowest BCUT2D eigenvalue weighted by Gasteiger charge is -2.23. The highest BCUT2D eigenvalue weighted by atomic mass is 32.2. The lowest BCUT2D eigenvalue weighted by molar-refractivity contribution is -0.116. The zero-order chi connectivity index (χ0) is 22.3. The number of carbonyl (C=O) groups is 1. The molecular weight excluding hydrogens is 402 g/mol. The third-order valence-electron chi connectivity index (χ3n) is 6.35. The molecule has 5 heteroatoms. The van der Waals surface area contributed by atoms with Crippen LogP contribution in [0.25, 0.3) is 0 Å². The van der Waals surface area contributed by atoms with Crippen LogP contribution in [0.4, 0.5) is 0 Å². The van der Waals surface area contributed by atoms with Gasteiger partial charge in [0, 0.05) is 25.0 Å². The van der Waals surface area contributed by atoms with Crippen LogP contribution in [0.5, 0.6) is 0 Å². The average Bonchev–Trinajstić information content (AvgIpc) is 3.11. The Hall–Kier alpha value is -1.23. The molecule has 2 aliphatic heterocycles. The average molecular weight is 448 g/mol. The second-order valence-corrected chi connectivity index (χ2v) is 10.2. The van der Waals surface area contributed by atoms with Crippen molar-refractivity contribution >= 4 is 22.8 Å². The molecule has 1 N–H and O–H groups in total. The maximum atomic E-state index is 12.5. The number of amidine groups is 1. The molecule has 0 aliphatic carbocycles. The highest BCUT2D eigenvalue weighted by Gasteiger charge is 2.31. The van der Waals surface area contributed by atoms with Crippen molar-refractivity contribution in [1.29, 1.82) is 0 Å². The van der Waals surface area contributed by atoms with Crippen molar-refractivity contribution in [2.75, 3.05) is 13.1 Å². The molecule has 2 heterocycles. The summed E-state index contributed by atoms with van der Waals surface area (Å²) in [6.45, 7) is 8.58. The first-order valence-electron chi connectivity index (χ1n) is 12.8. The summed E-state index contributed by atoms with van der Waals surface area (Å²) in [5, 5.41) is 3.92. The van der Waals surface area contributed by atoms with Crippen LogP contribution in [0.15, 0.2) is 27.9 Å². The maximum absolute atomic E-state index is 12.5. The van der Waals surface area contributed by atoms with Crippen LogP contribution >= 0.6 is 11.8 Å². The van der Waals surface area contributed by atoms with E-state index in [4.69, 9.17) is 0 Å². The number of carbonyl (C=O) groups excluding carboxylic acids is 1. The van der Waals surface area contributed by atoms with Crippen molar-refractivity contribution in [2.45, 2.75) is 111 Å². The Labute approximate surface area is 195 Å². The van der Waals surface area contributed by atoms with Crippen molar-refractivity contribution in [3.8, 4) is 0 Å². The molecule has 31 heavy (non-hydrogen) atoms. The summed E-state index contributed by atoms with van der Waals surface area (Å²) >= 11 is 1.51. The number of hydrogen-bond donors (Lipinski definition) is 1. The van der Waals surface area contributed by atoms with E-state index in [-0.39, 0.29) is 5.91 Å². The van der Waals surface area contributed by atoms with Gasteiger partial charge in [0.05, 0.1) is 4.91 Å². The van der Waals surface area contributed by atoms with E-state index in [1.165, 1.54) is 88.8 Å². The number of rotatable bonds is 16. The normalized spacial score (nSPS) is 17.3. The van der Waals surface area contributed by atoms with Crippen LogP contribution < -0.4 is 5.32 Å². The Morgan fingerprint density at radius 2 is 1.77 bits per heavy atom. The monoisotopic (exact) mass is 447 g/mol. The van der Waals surface area contributed by atoms with Gasteiger partial charge in [0.2, 0.25) is 0 Å². The van der Waals surface area contributed by atoms with Crippen LogP contribution in [0.1, 0.15) is 111 Å². The predicted molar refractivity (Wildman–Crippen MR) is 136 cm³/mol. The molecule has 0 bridgehead atoms.